The van der Waals surface area contributed by atoms with E-state index in [0.29, 0.717) is 11.6 Å². The first-order chi connectivity index (χ1) is 11.7. The molecule has 7 nitrogen and oxygen atoms in total. The van der Waals surface area contributed by atoms with Crippen molar-refractivity contribution >= 4 is 17.7 Å². The van der Waals surface area contributed by atoms with Gasteiger partial charge in [0.15, 0.2) is 0 Å². The van der Waals surface area contributed by atoms with Gasteiger partial charge < -0.3 is 20.1 Å². The fourth-order valence-corrected chi connectivity index (χ4v) is 3.07. The fraction of sp³-hybridized carbons (Fsp3) is 0.588. The van der Waals surface area contributed by atoms with Crippen molar-refractivity contribution in [3.05, 3.63) is 18.3 Å². The van der Waals surface area contributed by atoms with Gasteiger partial charge in [-0.3, -0.25) is 4.79 Å². The summed E-state index contributed by atoms with van der Waals surface area (Å²) in [6.45, 7) is 0. The van der Waals surface area contributed by atoms with Gasteiger partial charge in [-0.25, -0.2) is 9.78 Å². The van der Waals surface area contributed by atoms with Crippen LogP contribution >= 0.6 is 0 Å². The number of nitrogens with zero attached hydrogens (tertiary/aromatic N) is 1. The van der Waals surface area contributed by atoms with Crippen LogP contribution in [0.2, 0.25) is 0 Å². The summed E-state index contributed by atoms with van der Waals surface area (Å²) < 4.78 is 10.0. The van der Waals surface area contributed by atoms with Gasteiger partial charge in [-0.05, 0) is 25.0 Å². The van der Waals surface area contributed by atoms with E-state index in [1.165, 1.54) is 14.2 Å². The minimum Gasteiger partial charge on any atom is -0.480 e. The van der Waals surface area contributed by atoms with Crippen LogP contribution in [0.5, 0.6) is 5.88 Å². The number of methoxy groups -OCH3 is 2. The highest BCUT2D eigenvalue weighted by molar-refractivity contribution is 5.91. The number of rotatable bonds is 4. The molecule has 0 bridgehead atoms. The van der Waals surface area contributed by atoms with Gasteiger partial charge in [-0.15, -0.1) is 0 Å². The van der Waals surface area contributed by atoms with Gasteiger partial charge in [0.1, 0.15) is 5.69 Å². The molecule has 1 aliphatic rings. The molecular formula is C17H25N3O4. The molecule has 0 saturated heterocycles. The van der Waals surface area contributed by atoms with Crippen LogP contribution in [0.1, 0.15) is 38.5 Å². The van der Waals surface area contributed by atoms with E-state index in [0.717, 1.165) is 38.5 Å². The third-order valence-electron chi connectivity index (χ3n) is 4.30. The van der Waals surface area contributed by atoms with Crippen molar-refractivity contribution < 1.29 is 19.1 Å². The molecule has 1 heterocycles. The molecular weight excluding hydrogens is 310 g/mol. The average molecular weight is 335 g/mol. The Hall–Kier alpha value is -2.31. The molecule has 0 aliphatic heterocycles. The van der Waals surface area contributed by atoms with Crippen LogP contribution < -0.4 is 15.4 Å². The summed E-state index contributed by atoms with van der Waals surface area (Å²) in [5.41, 5.74) is 0.484. The second-order valence-corrected chi connectivity index (χ2v) is 5.89. The second kappa shape index (κ2) is 9.10. The molecule has 1 aromatic heterocycles. The number of carbonyl (C=O) groups is 2. The quantitative estimate of drug-likeness (QED) is 0.826. The first-order valence-corrected chi connectivity index (χ1v) is 8.30. The molecule has 2 atom stereocenters. The molecule has 1 saturated carbocycles. The van der Waals surface area contributed by atoms with E-state index in [2.05, 4.69) is 15.6 Å². The van der Waals surface area contributed by atoms with Crippen molar-refractivity contribution in [1.29, 1.82) is 0 Å². The monoisotopic (exact) mass is 335 g/mol. The van der Waals surface area contributed by atoms with E-state index >= 15 is 0 Å². The molecule has 1 aromatic rings. The number of carbonyl (C=O) groups excluding carboxylic acids is 2. The molecule has 2 amide bonds. The molecule has 0 aromatic carbocycles. The SMILES string of the molecule is COC(=O)C1CCCCCCC1NC(=O)Nc1cccnc1OC. The lowest BCUT2D eigenvalue weighted by Crippen LogP contribution is -2.46. The Morgan fingerprint density at radius 2 is 1.92 bits per heavy atom. The third kappa shape index (κ3) is 4.84. The van der Waals surface area contributed by atoms with Crippen LogP contribution in [-0.4, -0.2) is 37.2 Å². The Kier molecular flexibility index (Phi) is 6.84. The number of hydrogen-bond acceptors (Lipinski definition) is 5. The molecule has 7 heteroatoms. The lowest BCUT2D eigenvalue weighted by molar-refractivity contribution is -0.146. The maximum Gasteiger partial charge on any atom is 0.319 e. The Morgan fingerprint density at radius 3 is 2.62 bits per heavy atom. The number of aromatic nitrogens is 1. The highest BCUT2D eigenvalue weighted by Crippen LogP contribution is 2.25. The van der Waals surface area contributed by atoms with Gasteiger partial charge in [0.25, 0.3) is 0 Å². The molecule has 2 rings (SSSR count). The Balaban J connectivity index is 2.04. The molecule has 1 fully saturated rings. The molecule has 1 aliphatic carbocycles. The van der Waals surface area contributed by atoms with Gasteiger partial charge >= 0.3 is 12.0 Å². The average Bonchev–Trinajstić information content (AvgIpc) is 2.57. The number of anilines is 1. The van der Waals surface area contributed by atoms with Crippen molar-refractivity contribution in [2.75, 3.05) is 19.5 Å². The van der Waals surface area contributed by atoms with E-state index in [9.17, 15) is 9.59 Å². The first kappa shape index (κ1) is 18.0. The molecule has 0 spiro atoms. The maximum atomic E-state index is 12.3. The van der Waals surface area contributed by atoms with Crippen LogP contribution in [0.25, 0.3) is 0 Å². The summed E-state index contributed by atoms with van der Waals surface area (Å²) in [7, 11) is 2.88. The standard InChI is InChI=1S/C17H25N3O4/c1-23-15-14(10-7-11-18-15)20-17(22)19-13-9-6-4-3-5-8-12(13)16(21)24-2/h7,10-13H,3-6,8-9H2,1-2H3,(H2,19,20,22). The summed E-state index contributed by atoms with van der Waals surface area (Å²) in [5, 5.41) is 5.65. The number of ether oxygens (including phenoxy) is 2. The van der Waals surface area contributed by atoms with Crippen molar-refractivity contribution in [1.82, 2.24) is 10.3 Å². The van der Waals surface area contributed by atoms with Gasteiger partial charge in [0.2, 0.25) is 5.88 Å². The number of nitrogens with one attached hydrogen (secondary N) is 2. The maximum absolute atomic E-state index is 12.3. The second-order valence-electron chi connectivity index (χ2n) is 5.89. The van der Waals surface area contributed by atoms with Crippen LogP contribution in [0.3, 0.4) is 0 Å². The number of urea groups is 1. The zero-order chi connectivity index (χ0) is 17.4. The Labute approximate surface area is 142 Å². The van der Waals surface area contributed by atoms with Crippen LogP contribution in [-0.2, 0) is 9.53 Å². The van der Waals surface area contributed by atoms with Crippen molar-refractivity contribution in [2.45, 2.75) is 44.6 Å². The smallest absolute Gasteiger partial charge is 0.319 e. The predicted molar refractivity (Wildman–Crippen MR) is 89.9 cm³/mol. The Bertz CT molecular complexity index is 565. The number of esters is 1. The van der Waals surface area contributed by atoms with Gasteiger partial charge in [-0.1, -0.05) is 25.7 Å². The van der Waals surface area contributed by atoms with Crippen LogP contribution in [0.15, 0.2) is 18.3 Å². The zero-order valence-corrected chi connectivity index (χ0v) is 14.2. The zero-order valence-electron chi connectivity index (χ0n) is 14.2. The summed E-state index contributed by atoms with van der Waals surface area (Å²) in [5.74, 6) is -0.229. The minimum atomic E-state index is -0.374. The van der Waals surface area contributed by atoms with E-state index < -0.39 is 0 Å². The molecule has 132 valence electrons. The molecule has 2 unspecified atom stereocenters. The third-order valence-corrected chi connectivity index (χ3v) is 4.30. The lowest BCUT2D eigenvalue weighted by Gasteiger charge is -2.28. The summed E-state index contributed by atoms with van der Waals surface area (Å²) in [6, 6.07) is 2.81. The van der Waals surface area contributed by atoms with E-state index in [1.807, 2.05) is 0 Å². The molecule has 0 radical (unpaired) electrons. The predicted octanol–water partition coefficient (Wildman–Crippen LogP) is 2.72. The highest BCUT2D eigenvalue weighted by Gasteiger charge is 2.31. The van der Waals surface area contributed by atoms with Crippen LogP contribution in [0.4, 0.5) is 10.5 Å². The first-order valence-electron chi connectivity index (χ1n) is 8.30. The summed E-state index contributed by atoms with van der Waals surface area (Å²) in [4.78, 5) is 28.4. The van der Waals surface area contributed by atoms with Gasteiger partial charge in [-0.2, -0.15) is 0 Å². The number of pyridine rings is 1. The molecule has 24 heavy (non-hydrogen) atoms. The number of amides is 2. The van der Waals surface area contributed by atoms with Crippen molar-refractivity contribution in [2.24, 2.45) is 5.92 Å². The van der Waals surface area contributed by atoms with Gasteiger partial charge in [0.05, 0.1) is 20.1 Å². The number of hydrogen-bond donors (Lipinski definition) is 2. The summed E-state index contributed by atoms with van der Waals surface area (Å²) in [6.07, 6.45) is 7.25. The van der Waals surface area contributed by atoms with Crippen LogP contribution in [0, 0.1) is 5.92 Å². The molecule has 2 N–H and O–H groups in total. The van der Waals surface area contributed by atoms with E-state index in [-0.39, 0.29) is 24.0 Å². The largest absolute Gasteiger partial charge is 0.480 e. The minimum absolute atomic E-state index is 0.236. The van der Waals surface area contributed by atoms with Crippen molar-refractivity contribution in [3.63, 3.8) is 0 Å². The fourth-order valence-electron chi connectivity index (χ4n) is 3.07. The highest BCUT2D eigenvalue weighted by atomic mass is 16.5. The van der Waals surface area contributed by atoms with E-state index in [1.54, 1.807) is 18.3 Å². The topological polar surface area (TPSA) is 89.5 Å². The van der Waals surface area contributed by atoms with Gasteiger partial charge in [0, 0.05) is 12.2 Å². The Morgan fingerprint density at radius 1 is 1.17 bits per heavy atom. The lowest BCUT2D eigenvalue weighted by atomic mass is 9.87. The normalized spacial score (nSPS) is 21.1. The summed E-state index contributed by atoms with van der Waals surface area (Å²) >= 11 is 0. The van der Waals surface area contributed by atoms with E-state index in [4.69, 9.17) is 9.47 Å². The van der Waals surface area contributed by atoms with Crippen molar-refractivity contribution in [3.8, 4) is 5.88 Å².